The van der Waals surface area contributed by atoms with Crippen LogP contribution in [-0.4, -0.2) is 38.6 Å². The second-order valence-corrected chi connectivity index (χ2v) is 7.22. The van der Waals surface area contributed by atoms with E-state index in [9.17, 15) is 9.59 Å². The first-order chi connectivity index (χ1) is 12.6. The highest BCUT2D eigenvalue weighted by Gasteiger charge is 2.34. The van der Waals surface area contributed by atoms with Gasteiger partial charge in [0.25, 0.3) is 11.1 Å². The molecule has 3 rings (SSSR count). The van der Waals surface area contributed by atoms with Crippen LogP contribution in [-0.2, 0) is 4.79 Å². The van der Waals surface area contributed by atoms with E-state index in [1.54, 1.807) is 0 Å². The molecular formula is C19H24ClN3O3S. The van der Waals surface area contributed by atoms with E-state index < -0.39 is 0 Å². The number of imide groups is 1. The molecule has 0 spiro atoms. The zero-order chi connectivity index (χ0) is 18.5. The zero-order valence-electron chi connectivity index (χ0n) is 15.5. The molecule has 27 heavy (non-hydrogen) atoms. The van der Waals surface area contributed by atoms with Crippen molar-refractivity contribution in [2.24, 2.45) is 0 Å². The van der Waals surface area contributed by atoms with Crippen molar-refractivity contribution in [3.8, 4) is 5.75 Å². The summed E-state index contributed by atoms with van der Waals surface area (Å²) in [7, 11) is 0. The van der Waals surface area contributed by atoms with Gasteiger partial charge in [-0.3, -0.25) is 14.5 Å². The van der Waals surface area contributed by atoms with Gasteiger partial charge in [0.2, 0.25) is 0 Å². The highest BCUT2D eigenvalue weighted by Crippen LogP contribution is 2.31. The van der Waals surface area contributed by atoms with E-state index >= 15 is 0 Å². The molecule has 1 aliphatic rings. The van der Waals surface area contributed by atoms with E-state index in [4.69, 9.17) is 4.74 Å². The Kier molecular flexibility index (Phi) is 7.74. The molecule has 2 amide bonds. The van der Waals surface area contributed by atoms with E-state index in [1.807, 2.05) is 48.9 Å². The van der Waals surface area contributed by atoms with Crippen LogP contribution in [0.15, 0.2) is 35.5 Å². The average Bonchev–Trinajstić information content (AvgIpc) is 3.13. The second-order valence-electron chi connectivity index (χ2n) is 6.22. The van der Waals surface area contributed by atoms with Crippen molar-refractivity contribution in [3.63, 3.8) is 0 Å². The number of allylic oxidation sites excluding steroid dienone is 1. The number of hydrogen-bond donors (Lipinski definition) is 0. The first-order valence-electron chi connectivity index (χ1n) is 8.91. The van der Waals surface area contributed by atoms with E-state index in [0.717, 1.165) is 54.5 Å². The first kappa shape index (κ1) is 21.3. The van der Waals surface area contributed by atoms with E-state index in [0.29, 0.717) is 18.1 Å². The number of unbranched alkanes of at least 4 members (excludes halogenated alkanes) is 2. The molecule has 6 nitrogen and oxygen atoms in total. The Morgan fingerprint density at radius 3 is 2.89 bits per heavy atom. The number of fused-ring (bicyclic) bond motifs is 1. The van der Waals surface area contributed by atoms with Crippen LogP contribution in [0, 0.1) is 6.92 Å². The molecule has 1 fully saturated rings. The van der Waals surface area contributed by atoms with Crippen molar-refractivity contribution in [1.29, 1.82) is 0 Å². The quantitative estimate of drug-likeness (QED) is 0.470. The van der Waals surface area contributed by atoms with E-state index in [2.05, 4.69) is 4.98 Å². The number of imidazole rings is 1. The molecule has 0 N–H and O–H groups in total. The molecule has 0 atom stereocenters. The van der Waals surface area contributed by atoms with Crippen LogP contribution in [0.25, 0.3) is 5.65 Å². The van der Waals surface area contributed by atoms with Gasteiger partial charge in [0.1, 0.15) is 0 Å². The van der Waals surface area contributed by atoms with Crippen molar-refractivity contribution >= 4 is 41.0 Å². The number of rotatable bonds is 8. The zero-order valence-corrected chi connectivity index (χ0v) is 17.1. The Hall–Kier alpha value is -1.99. The lowest BCUT2D eigenvalue weighted by Crippen LogP contribution is -2.29. The maximum Gasteiger partial charge on any atom is 0.293 e. The Balaban J connectivity index is 0.00000261. The molecular weight excluding hydrogens is 386 g/mol. The normalized spacial score (nSPS) is 15.6. The minimum atomic E-state index is -0.170. The fourth-order valence-corrected chi connectivity index (χ4v) is 3.65. The average molecular weight is 410 g/mol. The summed E-state index contributed by atoms with van der Waals surface area (Å²) >= 11 is 1.04. The van der Waals surface area contributed by atoms with Gasteiger partial charge in [0, 0.05) is 18.9 Å². The molecule has 0 radical (unpaired) electrons. The summed E-state index contributed by atoms with van der Waals surface area (Å²) in [6.45, 7) is 4.95. The number of aromatic nitrogens is 2. The highest BCUT2D eigenvalue weighted by molar-refractivity contribution is 8.18. The minimum absolute atomic E-state index is 0. The lowest BCUT2D eigenvalue weighted by molar-refractivity contribution is -0.122. The number of amides is 2. The van der Waals surface area contributed by atoms with Crippen LogP contribution in [0.4, 0.5) is 4.79 Å². The fraction of sp³-hybridized carbons (Fsp3) is 0.421. The highest BCUT2D eigenvalue weighted by atomic mass is 35.5. The van der Waals surface area contributed by atoms with Crippen LogP contribution in [0.5, 0.6) is 5.75 Å². The van der Waals surface area contributed by atoms with Crippen LogP contribution in [0.2, 0.25) is 0 Å². The number of nitrogens with zero attached hydrogens (tertiary/aromatic N) is 3. The monoisotopic (exact) mass is 409 g/mol. The molecule has 0 aromatic carbocycles. The molecule has 2 aromatic rings. The third kappa shape index (κ3) is 5.05. The van der Waals surface area contributed by atoms with Crippen molar-refractivity contribution < 1.29 is 14.3 Å². The fourth-order valence-electron chi connectivity index (χ4n) is 2.78. The molecule has 146 valence electrons. The summed E-state index contributed by atoms with van der Waals surface area (Å²) in [5, 5.41) is -0.170. The van der Waals surface area contributed by atoms with Gasteiger partial charge in [-0.15, -0.1) is 12.4 Å². The Morgan fingerprint density at radius 2 is 2.11 bits per heavy atom. The summed E-state index contributed by atoms with van der Waals surface area (Å²) in [5.41, 5.74) is 1.74. The summed E-state index contributed by atoms with van der Waals surface area (Å²) in [4.78, 5) is 30.6. The number of carbonyl (C=O) groups excluding carboxylic acids is 2. The Bertz CT molecular complexity index is 850. The third-order valence-corrected chi connectivity index (χ3v) is 5.05. The molecule has 8 heteroatoms. The van der Waals surface area contributed by atoms with Crippen LogP contribution in [0.1, 0.15) is 38.3 Å². The van der Waals surface area contributed by atoms with Gasteiger partial charge in [-0.2, -0.15) is 0 Å². The topological polar surface area (TPSA) is 63.9 Å². The van der Waals surface area contributed by atoms with Gasteiger partial charge < -0.3 is 9.14 Å². The number of aryl methyl sites for hydroxylation is 1. The number of hydrogen-bond acceptors (Lipinski definition) is 5. The lowest BCUT2D eigenvalue weighted by Gasteiger charge is -2.12. The second kappa shape index (κ2) is 9.80. The smallest absolute Gasteiger partial charge is 0.293 e. The SMILES string of the molecule is CCC/C=C1/SC(=O)N(CCCCOc2cccn3cc(C)nc23)C1=O.Cl. The molecule has 3 heterocycles. The van der Waals surface area contributed by atoms with Crippen LogP contribution >= 0.6 is 24.2 Å². The standard InChI is InChI=1S/C19H23N3O3S.ClH/c1-3-4-9-16-18(23)22(19(24)26-16)11-5-6-12-25-15-8-7-10-21-13-14(2)20-17(15)21;/h7-10,13H,3-6,11-12H2,1-2H3;1H/b16-9+;. The molecule has 0 saturated carbocycles. The van der Waals surface area contributed by atoms with Crippen molar-refractivity contribution in [2.45, 2.75) is 39.5 Å². The predicted octanol–water partition coefficient (Wildman–Crippen LogP) is 4.60. The summed E-state index contributed by atoms with van der Waals surface area (Å²) in [6.07, 6.45) is 9.02. The van der Waals surface area contributed by atoms with Crippen LogP contribution in [0.3, 0.4) is 0 Å². The predicted molar refractivity (Wildman–Crippen MR) is 110 cm³/mol. The van der Waals surface area contributed by atoms with Gasteiger partial charge in [-0.05, 0) is 50.1 Å². The number of carbonyl (C=O) groups is 2. The summed E-state index contributed by atoms with van der Waals surface area (Å²) in [5.74, 6) is 0.585. The maximum absolute atomic E-state index is 12.2. The van der Waals surface area contributed by atoms with Gasteiger partial charge in [0.05, 0.1) is 17.2 Å². The largest absolute Gasteiger partial charge is 0.490 e. The van der Waals surface area contributed by atoms with Gasteiger partial charge in [-0.1, -0.05) is 19.4 Å². The molecule has 1 saturated heterocycles. The molecule has 2 aromatic heterocycles. The third-order valence-electron chi connectivity index (χ3n) is 4.09. The van der Waals surface area contributed by atoms with Crippen molar-refractivity contribution in [3.05, 3.63) is 41.2 Å². The Morgan fingerprint density at radius 1 is 1.30 bits per heavy atom. The van der Waals surface area contributed by atoms with E-state index in [1.165, 1.54) is 4.90 Å². The van der Waals surface area contributed by atoms with Crippen molar-refractivity contribution in [1.82, 2.24) is 14.3 Å². The molecule has 0 aliphatic carbocycles. The number of ether oxygens (including phenoxy) is 1. The minimum Gasteiger partial charge on any atom is -0.490 e. The van der Waals surface area contributed by atoms with Crippen molar-refractivity contribution in [2.75, 3.05) is 13.2 Å². The summed E-state index contributed by atoms with van der Waals surface area (Å²) in [6, 6.07) is 3.82. The van der Waals surface area contributed by atoms with E-state index in [-0.39, 0.29) is 23.6 Å². The van der Waals surface area contributed by atoms with Gasteiger partial charge >= 0.3 is 0 Å². The lowest BCUT2D eigenvalue weighted by atomic mass is 10.3. The van der Waals surface area contributed by atoms with Crippen LogP contribution < -0.4 is 4.74 Å². The Labute approximate surface area is 169 Å². The first-order valence-corrected chi connectivity index (χ1v) is 9.72. The molecule has 1 aliphatic heterocycles. The number of thioether (sulfide) groups is 1. The van der Waals surface area contributed by atoms with Gasteiger partial charge in [-0.25, -0.2) is 4.98 Å². The number of pyridine rings is 1. The van der Waals surface area contributed by atoms with Gasteiger partial charge in [0.15, 0.2) is 11.4 Å². The maximum atomic E-state index is 12.2. The summed E-state index contributed by atoms with van der Waals surface area (Å²) < 4.78 is 7.78. The molecule has 0 unspecified atom stereocenters. The number of halogens is 1. The molecule has 0 bridgehead atoms.